The molecule has 0 saturated carbocycles. The Kier molecular flexibility index (Phi) is 8.89. The number of nitrogens with one attached hydrogen (secondary N) is 1. The first-order valence-corrected chi connectivity index (χ1v) is 13.0. The fraction of sp³-hybridized carbons (Fsp3) is 0.364. The predicted octanol–water partition coefficient (Wildman–Crippen LogP) is 3.21. The fourth-order valence-electron chi connectivity index (χ4n) is 3.37. The summed E-state index contributed by atoms with van der Waals surface area (Å²) in [5, 5.41) is 12.6. The first-order chi connectivity index (χ1) is 16.1. The average Bonchev–Trinajstić information content (AvgIpc) is 3.13. The van der Waals surface area contributed by atoms with E-state index in [2.05, 4.69) is 40.5 Å². The lowest BCUT2D eigenvalue weighted by atomic mass is 10.1. The van der Waals surface area contributed by atoms with E-state index in [4.69, 9.17) is 5.14 Å². The molecule has 1 unspecified atom stereocenters. The molecule has 0 amide bonds. The molecule has 2 heterocycles. The minimum absolute atomic E-state index is 0.0215. The summed E-state index contributed by atoms with van der Waals surface area (Å²) in [5.74, 6) is 0.153. The maximum absolute atomic E-state index is 13.2. The molecule has 10 nitrogen and oxygen atoms in total. The van der Waals surface area contributed by atoms with Gasteiger partial charge in [0.15, 0.2) is 0 Å². The van der Waals surface area contributed by atoms with E-state index < -0.39 is 10.3 Å². The third-order valence-electron chi connectivity index (χ3n) is 5.05. The number of unbranched alkanes of at least 4 members (excludes halogenated alkanes) is 1. The van der Waals surface area contributed by atoms with Gasteiger partial charge in [0, 0.05) is 22.4 Å². The summed E-state index contributed by atoms with van der Waals surface area (Å²) in [6, 6.07) is 9.66. The number of hydrogen-bond acceptors (Lipinski definition) is 8. The molecule has 0 aliphatic heterocycles. The number of anilines is 1. The second kappa shape index (κ2) is 11.6. The summed E-state index contributed by atoms with van der Waals surface area (Å²) in [6.45, 7) is 4.43. The van der Waals surface area contributed by atoms with Crippen molar-refractivity contribution < 1.29 is 17.4 Å². The molecule has 34 heavy (non-hydrogen) atoms. The standard InChI is InChI=1S/C22H27BrN6O4S/c1-15(6-3-4-9-33-34(24,31)32)27-22-19(12-25-14-26-22)21(30)20-10-16(2)29(28-20)13-17-7-5-8-18(23)11-17/h5,7-8,10-12,14-15H,3-4,6,9,13H2,1-2H3,(H2,24,31,32)(H,25,26,27). The number of aromatic nitrogens is 4. The zero-order valence-electron chi connectivity index (χ0n) is 18.9. The number of ketones is 1. The van der Waals surface area contributed by atoms with E-state index in [0.717, 1.165) is 15.7 Å². The second-order valence-corrected chi connectivity index (χ2v) is 10.1. The van der Waals surface area contributed by atoms with Crippen LogP contribution >= 0.6 is 15.9 Å². The Morgan fingerprint density at radius 1 is 1.29 bits per heavy atom. The Morgan fingerprint density at radius 2 is 2.09 bits per heavy atom. The van der Waals surface area contributed by atoms with E-state index in [9.17, 15) is 13.2 Å². The number of carbonyl (C=O) groups is 1. The number of aryl methyl sites for hydroxylation is 1. The zero-order chi connectivity index (χ0) is 24.7. The zero-order valence-corrected chi connectivity index (χ0v) is 21.3. The van der Waals surface area contributed by atoms with Crippen molar-refractivity contribution in [2.75, 3.05) is 11.9 Å². The molecular weight excluding hydrogens is 524 g/mol. The smallest absolute Gasteiger partial charge is 0.333 e. The van der Waals surface area contributed by atoms with Gasteiger partial charge in [-0.3, -0.25) is 13.7 Å². The van der Waals surface area contributed by atoms with E-state index in [1.807, 2.05) is 38.1 Å². The largest absolute Gasteiger partial charge is 0.367 e. The van der Waals surface area contributed by atoms with Crippen LogP contribution in [0.25, 0.3) is 0 Å². The van der Waals surface area contributed by atoms with E-state index in [1.54, 1.807) is 10.7 Å². The SMILES string of the molecule is Cc1cc(C(=O)c2cncnc2NC(C)CCCCOS(N)(=O)=O)nn1Cc1cccc(Br)c1. The molecule has 3 N–H and O–H groups in total. The molecule has 1 aromatic carbocycles. The monoisotopic (exact) mass is 550 g/mol. The molecule has 3 rings (SSSR count). The molecule has 182 valence electrons. The molecule has 0 fully saturated rings. The second-order valence-electron chi connectivity index (χ2n) is 7.93. The van der Waals surface area contributed by atoms with Crippen molar-refractivity contribution in [3.63, 3.8) is 0 Å². The van der Waals surface area contributed by atoms with Crippen LogP contribution in [-0.2, 0) is 21.0 Å². The minimum Gasteiger partial charge on any atom is -0.367 e. The quantitative estimate of drug-likeness (QED) is 0.258. The maximum Gasteiger partial charge on any atom is 0.333 e. The molecule has 0 radical (unpaired) electrons. The van der Waals surface area contributed by atoms with Crippen molar-refractivity contribution in [2.45, 2.75) is 45.7 Å². The van der Waals surface area contributed by atoms with Gasteiger partial charge in [0.05, 0.1) is 18.7 Å². The van der Waals surface area contributed by atoms with Crippen molar-refractivity contribution in [2.24, 2.45) is 5.14 Å². The van der Waals surface area contributed by atoms with Crippen molar-refractivity contribution in [3.8, 4) is 0 Å². The van der Waals surface area contributed by atoms with Crippen LogP contribution in [0.3, 0.4) is 0 Å². The van der Waals surface area contributed by atoms with Crippen molar-refractivity contribution >= 4 is 37.8 Å². The normalized spacial score (nSPS) is 12.5. The Hall–Kier alpha value is -2.67. The topological polar surface area (TPSA) is 142 Å². The van der Waals surface area contributed by atoms with Crippen LogP contribution in [0.2, 0.25) is 0 Å². The summed E-state index contributed by atoms with van der Waals surface area (Å²) >= 11 is 3.47. The van der Waals surface area contributed by atoms with Crippen LogP contribution in [-0.4, -0.2) is 46.6 Å². The first-order valence-electron chi connectivity index (χ1n) is 10.7. The number of carbonyl (C=O) groups excluding carboxylic acids is 1. The summed E-state index contributed by atoms with van der Waals surface area (Å²) in [5.41, 5.74) is 2.58. The number of halogens is 1. The van der Waals surface area contributed by atoms with Gasteiger partial charge in [-0.25, -0.2) is 15.1 Å². The third kappa shape index (κ3) is 7.69. The van der Waals surface area contributed by atoms with Crippen molar-refractivity contribution in [3.05, 3.63) is 69.8 Å². The molecule has 0 saturated heterocycles. The van der Waals surface area contributed by atoms with E-state index in [0.29, 0.717) is 42.9 Å². The van der Waals surface area contributed by atoms with Gasteiger partial charge in [-0.15, -0.1) is 0 Å². The van der Waals surface area contributed by atoms with Crippen LogP contribution in [0.4, 0.5) is 5.82 Å². The highest BCUT2D eigenvalue weighted by Gasteiger charge is 2.20. The van der Waals surface area contributed by atoms with Gasteiger partial charge in [0.25, 0.3) is 0 Å². The molecule has 12 heteroatoms. The fourth-order valence-corrected chi connectivity index (χ4v) is 4.17. The Labute approximate surface area is 207 Å². The summed E-state index contributed by atoms with van der Waals surface area (Å²) in [6.07, 6.45) is 4.81. The van der Waals surface area contributed by atoms with E-state index >= 15 is 0 Å². The first kappa shape index (κ1) is 25.9. The number of hydrogen-bond donors (Lipinski definition) is 2. The number of nitrogens with zero attached hydrogens (tertiary/aromatic N) is 4. The van der Waals surface area contributed by atoms with Crippen molar-refractivity contribution in [1.82, 2.24) is 19.7 Å². The van der Waals surface area contributed by atoms with Crippen molar-refractivity contribution in [1.29, 1.82) is 0 Å². The maximum atomic E-state index is 13.2. The molecule has 0 bridgehead atoms. The van der Waals surface area contributed by atoms with Gasteiger partial charge in [0.2, 0.25) is 5.78 Å². The van der Waals surface area contributed by atoms with Crippen LogP contribution in [0.1, 0.15) is 53.5 Å². The molecule has 0 aliphatic rings. The van der Waals surface area contributed by atoms with Gasteiger partial charge < -0.3 is 5.32 Å². The van der Waals surface area contributed by atoms with Gasteiger partial charge in [-0.2, -0.15) is 13.5 Å². The average molecular weight is 551 g/mol. The van der Waals surface area contributed by atoms with Crippen LogP contribution < -0.4 is 10.5 Å². The van der Waals surface area contributed by atoms with Crippen LogP contribution in [0, 0.1) is 6.92 Å². The van der Waals surface area contributed by atoms with Gasteiger partial charge in [-0.05, 0) is 56.9 Å². The molecule has 0 aliphatic carbocycles. The third-order valence-corrected chi connectivity index (χ3v) is 6.04. The van der Waals surface area contributed by atoms with E-state index in [-0.39, 0.29) is 18.4 Å². The predicted molar refractivity (Wildman–Crippen MR) is 132 cm³/mol. The molecule has 3 aromatic rings. The summed E-state index contributed by atoms with van der Waals surface area (Å²) in [7, 11) is -3.92. The number of benzene rings is 1. The highest BCUT2D eigenvalue weighted by molar-refractivity contribution is 9.10. The van der Waals surface area contributed by atoms with Gasteiger partial charge >= 0.3 is 10.3 Å². The van der Waals surface area contributed by atoms with Crippen LogP contribution in [0.5, 0.6) is 0 Å². The van der Waals surface area contributed by atoms with Gasteiger partial charge in [-0.1, -0.05) is 28.1 Å². The lowest BCUT2D eigenvalue weighted by molar-refractivity contribution is 0.103. The summed E-state index contributed by atoms with van der Waals surface area (Å²) < 4.78 is 28.9. The number of rotatable bonds is 12. The summed E-state index contributed by atoms with van der Waals surface area (Å²) in [4.78, 5) is 21.5. The molecule has 1 atom stereocenters. The number of nitrogens with two attached hydrogens (primary N) is 1. The highest BCUT2D eigenvalue weighted by Crippen LogP contribution is 2.19. The van der Waals surface area contributed by atoms with E-state index in [1.165, 1.54) is 12.5 Å². The highest BCUT2D eigenvalue weighted by atomic mass is 79.9. The molecule has 2 aromatic heterocycles. The Bertz CT molecular complexity index is 1250. The molecule has 0 spiro atoms. The van der Waals surface area contributed by atoms with Gasteiger partial charge in [0.1, 0.15) is 17.8 Å². The lowest BCUT2D eigenvalue weighted by Gasteiger charge is -2.16. The molecular formula is C22H27BrN6O4S. The lowest BCUT2D eigenvalue weighted by Crippen LogP contribution is -2.20. The van der Waals surface area contributed by atoms with Crippen LogP contribution in [0.15, 0.2) is 47.3 Å². The Morgan fingerprint density at radius 3 is 2.82 bits per heavy atom. The Balaban J connectivity index is 1.65. The minimum atomic E-state index is -3.92.